The molecular formula is C12H20N2S. The van der Waals surface area contributed by atoms with Gasteiger partial charge in [0.2, 0.25) is 0 Å². The van der Waals surface area contributed by atoms with Gasteiger partial charge in [-0.15, -0.1) is 11.3 Å². The lowest BCUT2D eigenvalue weighted by Crippen LogP contribution is -2.31. The van der Waals surface area contributed by atoms with Crippen molar-refractivity contribution in [2.75, 3.05) is 0 Å². The lowest BCUT2D eigenvalue weighted by Gasteiger charge is -2.19. The second-order valence-electron chi connectivity index (χ2n) is 4.57. The first-order valence-corrected chi connectivity index (χ1v) is 6.78. The molecule has 2 rings (SSSR count). The average molecular weight is 224 g/mol. The Morgan fingerprint density at radius 2 is 2.27 bits per heavy atom. The van der Waals surface area contributed by atoms with Crippen LogP contribution in [0, 0.1) is 12.8 Å². The average Bonchev–Trinajstić information content (AvgIpc) is 2.84. The maximum absolute atomic E-state index is 4.47. The van der Waals surface area contributed by atoms with Gasteiger partial charge in [0.15, 0.2) is 0 Å². The van der Waals surface area contributed by atoms with Crippen molar-refractivity contribution < 1.29 is 0 Å². The van der Waals surface area contributed by atoms with E-state index in [9.17, 15) is 0 Å². The van der Waals surface area contributed by atoms with Gasteiger partial charge in [0.1, 0.15) is 0 Å². The number of nitrogens with zero attached hydrogens (tertiary/aromatic N) is 1. The standard InChI is InChI=1S/C12H20N2S/c1-9(11-5-3-4-6-11)13-7-12-8-15-10(2)14-12/h8-9,11,13H,3-7H2,1-2H3. The molecule has 1 saturated carbocycles. The topological polar surface area (TPSA) is 24.9 Å². The Labute approximate surface area is 96.1 Å². The summed E-state index contributed by atoms with van der Waals surface area (Å²) >= 11 is 1.74. The van der Waals surface area contributed by atoms with E-state index in [1.54, 1.807) is 11.3 Å². The SMILES string of the molecule is Cc1nc(CNC(C)C2CCCC2)cs1. The summed E-state index contributed by atoms with van der Waals surface area (Å²) in [5.74, 6) is 0.893. The van der Waals surface area contributed by atoms with Gasteiger partial charge in [-0.2, -0.15) is 0 Å². The van der Waals surface area contributed by atoms with Crippen LogP contribution in [0.2, 0.25) is 0 Å². The summed E-state index contributed by atoms with van der Waals surface area (Å²) < 4.78 is 0. The Morgan fingerprint density at radius 3 is 2.87 bits per heavy atom. The molecule has 3 heteroatoms. The summed E-state index contributed by atoms with van der Waals surface area (Å²) in [7, 11) is 0. The third-order valence-corrected chi connectivity index (χ3v) is 4.20. The van der Waals surface area contributed by atoms with Crippen LogP contribution in [-0.4, -0.2) is 11.0 Å². The predicted octanol–water partition coefficient (Wildman–Crippen LogP) is 3.12. The minimum Gasteiger partial charge on any atom is -0.308 e. The van der Waals surface area contributed by atoms with E-state index in [2.05, 4.69) is 29.5 Å². The van der Waals surface area contributed by atoms with Crippen LogP contribution < -0.4 is 5.32 Å². The Morgan fingerprint density at radius 1 is 1.53 bits per heavy atom. The molecule has 2 nitrogen and oxygen atoms in total. The maximum atomic E-state index is 4.47. The number of aryl methyl sites for hydroxylation is 1. The smallest absolute Gasteiger partial charge is 0.0897 e. The van der Waals surface area contributed by atoms with E-state index < -0.39 is 0 Å². The highest BCUT2D eigenvalue weighted by atomic mass is 32.1. The molecule has 0 aromatic carbocycles. The predicted molar refractivity (Wildman–Crippen MR) is 65.1 cm³/mol. The highest BCUT2D eigenvalue weighted by Crippen LogP contribution is 2.27. The number of thiazole rings is 1. The van der Waals surface area contributed by atoms with Gasteiger partial charge in [-0.1, -0.05) is 12.8 Å². The molecule has 1 fully saturated rings. The van der Waals surface area contributed by atoms with E-state index in [0.717, 1.165) is 12.5 Å². The number of rotatable bonds is 4. The molecule has 1 aromatic rings. The first kappa shape index (κ1) is 11.1. The van der Waals surface area contributed by atoms with Gasteiger partial charge in [-0.05, 0) is 32.6 Å². The molecule has 0 radical (unpaired) electrons. The van der Waals surface area contributed by atoms with E-state index >= 15 is 0 Å². The van der Waals surface area contributed by atoms with Gasteiger partial charge in [0, 0.05) is 18.0 Å². The van der Waals surface area contributed by atoms with Crippen LogP contribution in [0.3, 0.4) is 0 Å². The molecule has 84 valence electrons. The summed E-state index contributed by atoms with van der Waals surface area (Å²) in [6.07, 6.45) is 5.66. The van der Waals surface area contributed by atoms with E-state index in [0.29, 0.717) is 6.04 Å². The molecule has 1 heterocycles. The van der Waals surface area contributed by atoms with E-state index in [-0.39, 0.29) is 0 Å². The molecule has 1 aliphatic carbocycles. The van der Waals surface area contributed by atoms with Crippen molar-refractivity contribution in [3.05, 3.63) is 16.1 Å². The van der Waals surface area contributed by atoms with Gasteiger partial charge in [0.05, 0.1) is 10.7 Å². The molecule has 0 spiro atoms. The minimum atomic E-state index is 0.648. The zero-order valence-electron chi connectivity index (χ0n) is 9.62. The molecule has 1 aromatic heterocycles. The van der Waals surface area contributed by atoms with Gasteiger partial charge in [-0.3, -0.25) is 0 Å². The fourth-order valence-corrected chi connectivity index (χ4v) is 2.99. The van der Waals surface area contributed by atoms with Crippen molar-refractivity contribution in [3.63, 3.8) is 0 Å². The first-order valence-electron chi connectivity index (χ1n) is 5.90. The lowest BCUT2D eigenvalue weighted by molar-refractivity contribution is 0.379. The molecule has 1 aliphatic rings. The van der Waals surface area contributed by atoms with Gasteiger partial charge in [-0.25, -0.2) is 4.98 Å². The van der Waals surface area contributed by atoms with Crippen molar-refractivity contribution in [3.8, 4) is 0 Å². The highest BCUT2D eigenvalue weighted by molar-refractivity contribution is 7.09. The highest BCUT2D eigenvalue weighted by Gasteiger charge is 2.20. The van der Waals surface area contributed by atoms with Crippen LogP contribution in [0.25, 0.3) is 0 Å². The summed E-state index contributed by atoms with van der Waals surface area (Å²) in [6.45, 7) is 5.31. The third-order valence-electron chi connectivity index (χ3n) is 3.38. The van der Waals surface area contributed by atoms with Gasteiger partial charge < -0.3 is 5.32 Å². The second kappa shape index (κ2) is 5.08. The minimum absolute atomic E-state index is 0.648. The molecule has 0 aliphatic heterocycles. The zero-order chi connectivity index (χ0) is 10.7. The number of hydrogen-bond donors (Lipinski definition) is 1. The largest absolute Gasteiger partial charge is 0.308 e. The van der Waals surface area contributed by atoms with E-state index in [1.165, 1.54) is 36.4 Å². The molecule has 1 N–H and O–H groups in total. The van der Waals surface area contributed by atoms with Crippen LogP contribution in [-0.2, 0) is 6.54 Å². The molecule has 0 amide bonds. The lowest BCUT2D eigenvalue weighted by atomic mass is 10.00. The Bertz CT molecular complexity index is 302. The van der Waals surface area contributed by atoms with Gasteiger partial charge in [0.25, 0.3) is 0 Å². The maximum Gasteiger partial charge on any atom is 0.0897 e. The number of nitrogens with one attached hydrogen (secondary N) is 1. The monoisotopic (exact) mass is 224 g/mol. The van der Waals surface area contributed by atoms with Crippen LogP contribution in [0.15, 0.2) is 5.38 Å². The van der Waals surface area contributed by atoms with Gasteiger partial charge >= 0.3 is 0 Å². The normalized spacial score (nSPS) is 19.6. The van der Waals surface area contributed by atoms with Crippen molar-refractivity contribution in [2.24, 2.45) is 5.92 Å². The Kier molecular flexibility index (Phi) is 3.76. The van der Waals surface area contributed by atoms with Crippen molar-refractivity contribution in [1.82, 2.24) is 10.3 Å². The fourth-order valence-electron chi connectivity index (χ4n) is 2.38. The second-order valence-corrected chi connectivity index (χ2v) is 5.63. The first-order chi connectivity index (χ1) is 7.25. The Balaban J connectivity index is 1.77. The van der Waals surface area contributed by atoms with Crippen LogP contribution in [0.4, 0.5) is 0 Å². The zero-order valence-corrected chi connectivity index (χ0v) is 10.4. The molecule has 1 atom stereocenters. The summed E-state index contributed by atoms with van der Waals surface area (Å²) in [5, 5.41) is 6.92. The summed E-state index contributed by atoms with van der Waals surface area (Å²) in [4.78, 5) is 4.47. The van der Waals surface area contributed by atoms with Crippen LogP contribution >= 0.6 is 11.3 Å². The quantitative estimate of drug-likeness (QED) is 0.850. The van der Waals surface area contributed by atoms with E-state index in [1.807, 2.05) is 0 Å². The summed E-state index contributed by atoms with van der Waals surface area (Å²) in [6, 6.07) is 0.648. The number of aromatic nitrogens is 1. The molecular weight excluding hydrogens is 204 g/mol. The van der Waals surface area contributed by atoms with E-state index in [4.69, 9.17) is 0 Å². The fraction of sp³-hybridized carbons (Fsp3) is 0.750. The van der Waals surface area contributed by atoms with Crippen molar-refractivity contribution >= 4 is 11.3 Å². The molecule has 1 unspecified atom stereocenters. The molecule has 15 heavy (non-hydrogen) atoms. The van der Waals surface area contributed by atoms with Crippen LogP contribution in [0.5, 0.6) is 0 Å². The molecule has 0 bridgehead atoms. The Hall–Kier alpha value is -0.410. The summed E-state index contributed by atoms with van der Waals surface area (Å²) in [5.41, 5.74) is 1.20. The van der Waals surface area contributed by atoms with Crippen molar-refractivity contribution in [1.29, 1.82) is 0 Å². The third kappa shape index (κ3) is 3.02. The van der Waals surface area contributed by atoms with Crippen molar-refractivity contribution in [2.45, 2.75) is 52.1 Å². The van der Waals surface area contributed by atoms with Crippen LogP contribution in [0.1, 0.15) is 43.3 Å². The molecule has 0 saturated heterocycles. The number of hydrogen-bond acceptors (Lipinski definition) is 3.